The van der Waals surface area contributed by atoms with Gasteiger partial charge in [-0.05, 0) is 36.2 Å². The summed E-state index contributed by atoms with van der Waals surface area (Å²) in [5, 5.41) is 18.5. The summed E-state index contributed by atoms with van der Waals surface area (Å²) < 4.78 is 5.58. The lowest BCUT2D eigenvalue weighted by molar-refractivity contribution is 0.198. The quantitative estimate of drug-likeness (QED) is 0.868. The molecule has 0 saturated heterocycles. The molecule has 0 amide bonds. The van der Waals surface area contributed by atoms with Gasteiger partial charge in [0.25, 0.3) is 0 Å². The lowest BCUT2D eigenvalue weighted by atomic mass is 10.2. The van der Waals surface area contributed by atoms with E-state index in [1.54, 1.807) is 43.5 Å². The number of hydrogen-bond donors (Lipinski definition) is 2. The van der Waals surface area contributed by atoms with Crippen molar-refractivity contribution in [2.24, 2.45) is 0 Å². The van der Waals surface area contributed by atoms with Gasteiger partial charge in [0, 0.05) is 12.3 Å². The van der Waals surface area contributed by atoms with E-state index in [0.29, 0.717) is 11.6 Å². The van der Waals surface area contributed by atoms with Crippen molar-refractivity contribution in [1.82, 2.24) is 4.98 Å². The van der Waals surface area contributed by atoms with Crippen molar-refractivity contribution >= 4 is 0 Å². The number of ether oxygens (including phenoxy) is 1. The third-order valence-electron chi connectivity index (χ3n) is 2.54. The maximum absolute atomic E-state index is 9.48. The first-order valence-corrected chi connectivity index (χ1v) is 5.70. The van der Waals surface area contributed by atoms with E-state index >= 15 is 0 Å². The van der Waals surface area contributed by atoms with Gasteiger partial charge in [0.05, 0.1) is 12.7 Å². The van der Waals surface area contributed by atoms with Gasteiger partial charge in [0.1, 0.15) is 5.75 Å². The molecule has 0 radical (unpaired) electrons. The zero-order valence-corrected chi connectivity index (χ0v) is 10.1. The average Bonchev–Trinajstić information content (AvgIpc) is 2.39. The molecular formula is C14H15NO3. The summed E-state index contributed by atoms with van der Waals surface area (Å²) >= 11 is 0. The molecule has 1 atom stereocenters. The molecule has 4 heteroatoms. The Morgan fingerprint density at radius 2 is 2.11 bits per heavy atom. The van der Waals surface area contributed by atoms with Crippen LogP contribution in [0.3, 0.4) is 0 Å². The monoisotopic (exact) mass is 245 g/mol. The highest BCUT2D eigenvalue weighted by molar-refractivity contribution is 5.32. The molecule has 1 heterocycles. The molecule has 2 N–H and O–H groups in total. The van der Waals surface area contributed by atoms with Crippen molar-refractivity contribution in [2.75, 3.05) is 0 Å². The molecular weight excluding hydrogens is 230 g/mol. The van der Waals surface area contributed by atoms with Crippen LogP contribution in [-0.2, 0) is 6.61 Å². The third kappa shape index (κ3) is 3.06. The van der Waals surface area contributed by atoms with Crippen LogP contribution in [0.1, 0.15) is 24.2 Å². The van der Waals surface area contributed by atoms with E-state index in [4.69, 9.17) is 9.84 Å². The molecule has 0 bridgehead atoms. The number of aromatic nitrogens is 1. The topological polar surface area (TPSA) is 62.6 Å². The van der Waals surface area contributed by atoms with E-state index in [2.05, 4.69) is 4.98 Å². The van der Waals surface area contributed by atoms with Gasteiger partial charge in [0.2, 0.25) is 5.88 Å². The summed E-state index contributed by atoms with van der Waals surface area (Å²) in [4.78, 5) is 4.08. The number of aliphatic hydroxyl groups is 2. The summed E-state index contributed by atoms with van der Waals surface area (Å²) in [7, 11) is 0. The van der Waals surface area contributed by atoms with Crippen molar-refractivity contribution in [3.05, 3.63) is 53.7 Å². The van der Waals surface area contributed by atoms with Crippen molar-refractivity contribution in [1.29, 1.82) is 0 Å². The predicted octanol–water partition coefficient (Wildman–Crippen LogP) is 2.42. The zero-order valence-electron chi connectivity index (χ0n) is 10.1. The first-order chi connectivity index (χ1) is 8.69. The molecule has 0 aliphatic rings. The number of pyridine rings is 1. The molecule has 18 heavy (non-hydrogen) atoms. The number of hydrogen-bond acceptors (Lipinski definition) is 4. The number of rotatable bonds is 4. The Morgan fingerprint density at radius 3 is 2.83 bits per heavy atom. The van der Waals surface area contributed by atoms with Crippen LogP contribution in [0.25, 0.3) is 0 Å². The van der Waals surface area contributed by atoms with E-state index in [-0.39, 0.29) is 6.61 Å². The lowest BCUT2D eigenvalue weighted by Crippen LogP contribution is -1.94. The molecule has 0 saturated carbocycles. The molecule has 1 aromatic heterocycles. The van der Waals surface area contributed by atoms with Gasteiger partial charge >= 0.3 is 0 Å². The minimum absolute atomic E-state index is 0.0294. The van der Waals surface area contributed by atoms with Crippen LogP contribution in [0.2, 0.25) is 0 Å². The molecule has 0 fully saturated rings. The van der Waals surface area contributed by atoms with E-state index in [0.717, 1.165) is 11.1 Å². The molecule has 0 spiro atoms. The molecule has 2 aromatic rings. The highest BCUT2D eigenvalue weighted by Gasteiger charge is 2.04. The number of benzene rings is 1. The number of nitrogens with zero attached hydrogens (tertiary/aromatic N) is 1. The smallest absolute Gasteiger partial charge is 0.219 e. The normalized spacial score (nSPS) is 12.2. The molecule has 0 unspecified atom stereocenters. The second kappa shape index (κ2) is 5.62. The van der Waals surface area contributed by atoms with Crippen molar-refractivity contribution in [2.45, 2.75) is 19.6 Å². The van der Waals surface area contributed by atoms with Gasteiger partial charge in [-0.2, -0.15) is 0 Å². The maximum atomic E-state index is 9.48. The van der Waals surface area contributed by atoms with Crippen LogP contribution in [0.5, 0.6) is 11.6 Å². The highest BCUT2D eigenvalue weighted by Crippen LogP contribution is 2.23. The van der Waals surface area contributed by atoms with E-state index in [1.807, 2.05) is 6.07 Å². The third-order valence-corrected chi connectivity index (χ3v) is 2.54. The lowest BCUT2D eigenvalue weighted by Gasteiger charge is -2.08. The van der Waals surface area contributed by atoms with Gasteiger partial charge in [0.15, 0.2) is 0 Å². The van der Waals surface area contributed by atoms with E-state index in [1.165, 1.54) is 0 Å². The Kier molecular flexibility index (Phi) is 3.92. The van der Waals surface area contributed by atoms with Gasteiger partial charge < -0.3 is 14.9 Å². The zero-order chi connectivity index (χ0) is 13.0. The first-order valence-electron chi connectivity index (χ1n) is 5.70. The fourth-order valence-electron chi connectivity index (χ4n) is 1.57. The SMILES string of the molecule is C[C@H](O)c1ccnc(Oc2cccc(CO)c2)c1. The Bertz CT molecular complexity index is 526. The summed E-state index contributed by atoms with van der Waals surface area (Å²) in [6.45, 7) is 1.66. The van der Waals surface area contributed by atoms with Crippen LogP contribution >= 0.6 is 0 Å². The van der Waals surface area contributed by atoms with Crippen LogP contribution < -0.4 is 4.74 Å². The maximum Gasteiger partial charge on any atom is 0.219 e. The fraction of sp³-hybridized carbons (Fsp3) is 0.214. The van der Waals surface area contributed by atoms with Crippen LogP contribution in [-0.4, -0.2) is 15.2 Å². The summed E-state index contributed by atoms with van der Waals surface area (Å²) in [6.07, 6.45) is 1.03. The van der Waals surface area contributed by atoms with Gasteiger partial charge in [-0.25, -0.2) is 4.98 Å². The summed E-state index contributed by atoms with van der Waals surface area (Å²) in [6, 6.07) is 10.6. The minimum atomic E-state index is -0.556. The molecule has 4 nitrogen and oxygen atoms in total. The van der Waals surface area contributed by atoms with E-state index < -0.39 is 6.10 Å². The highest BCUT2D eigenvalue weighted by atomic mass is 16.5. The molecule has 2 rings (SSSR count). The molecule has 0 aliphatic heterocycles. The second-order valence-electron chi connectivity index (χ2n) is 4.01. The van der Waals surface area contributed by atoms with Crippen LogP contribution in [0.15, 0.2) is 42.6 Å². The van der Waals surface area contributed by atoms with E-state index in [9.17, 15) is 5.11 Å². The number of aliphatic hydroxyl groups excluding tert-OH is 2. The summed E-state index contributed by atoms with van der Waals surface area (Å²) in [5.74, 6) is 1.03. The minimum Gasteiger partial charge on any atom is -0.439 e. The van der Waals surface area contributed by atoms with Gasteiger partial charge in [-0.1, -0.05) is 12.1 Å². The second-order valence-corrected chi connectivity index (χ2v) is 4.01. The predicted molar refractivity (Wildman–Crippen MR) is 67.3 cm³/mol. The van der Waals surface area contributed by atoms with Crippen molar-refractivity contribution in [3.63, 3.8) is 0 Å². The Hall–Kier alpha value is -1.91. The molecule has 94 valence electrons. The average molecular weight is 245 g/mol. The standard InChI is InChI=1S/C14H15NO3/c1-10(17)12-5-6-15-14(8-12)18-13-4-2-3-11(7-13)9-16/h2-8,10,16-17H,9H2,1H3/t10-/m0/s1. The van der Waals surface area contributed by atoms with Gasteiger partial charge in [-0.3, -0.25) is 0 Å². The molecule has 1 aromatic carbocycles. The first kappa shape index (κ1) is 12.5. The molecule has 0 aliphatic carbocycles. The van der Waals surface area contributed by atoms with Gasteiger partial charge in [-0.15, -0.1) is 0 Å². The largest absolute Gasteiger partial charge is 0.439 e. The van der Waals surface area contributed by atoms with Crippen molar-refractivity contribution in [3.8, 4) is 11.6 Å². The summed E-state index contributed by atoms with van der Waals surface area (Å²) in [5.41, 5.74) is 1.53. The fourth-order valence-corrected chi connectivity index (χ4v) is 1.57. The Balaban J connectivity index is 2.20. The Labute approximate surface area is 106 Å². The van der Waals surface area contributed by atoms with Crippen LogP contribution in [0.4, 0.5) is 0 Å². The van der Waals surface area contributed by atoms with Crippen molar-refractivity contribution < 1.29 is 14.9 Å². The Morgan fingerprint density at radius 1 is 1.28 bits per heavy atom. The van der Waals surface area contributed by atoms with Crippen LogP contribution in [0, 0.1) is 0 Å².